The summed E-state index contributed by atoms with van der Waals surface area (Å²) in [5.41, 5.74) is 3.54. The minimum atomic E-state index is -0.00523. The predicted molar refractivity (Wildman–Crippen MR) is 64.9 cm³/mol. The fraction of sp³-hybridized carbons (Fsp3) is 0.615. The lowest BCUT2D eigenvalue weighted by Gasteiger charge is -2.28. The number of carbonyl (C=O) groups is 1. The van der Waals surface area contributed by atoms with E-state index in [-0.39, 0.29) is 11.9 Å². The third-order valence-corrected chi connectivity index (χ3v) is 3.42. The van der Waals surface area contributed by atoms with E-state index in [0.29, 0.717) is 0 Å². The molecule has 0 aromatic heterocycles. The van der Waals surface area contributed by atoms with Crippen LogP contribution in [0.3, 0.4) is 0 Å². The van der Waals surface area contributed by atoms with Crippen LogP contribution in [0.25, 0.3) is 0 Å². The summed E-state index contributed by atoms with van der Waals surface area (Å²) in [7, 11) is 1.89. The molecule has 1 atom stereocenters. The molecule has 3 heteroatoms. The van der Waals surface area contributed by atoms with E-state index in [2.05, 4.69) is 16.7 Å². The molecule has 1 unspecified atom stereocenters. The van der Waals surface area contributed by atoms with E-state index in [4.69, 9.17) is 0 Å². The van der Waals surface area contributed by atoms with Gasteiger partial charge in [0, 0.05) is 11.3 Å². The van der Waals surface area contributed by atoms with E-state index < -0.39 is 0 Å². The van der Waals surface area contributed by atoms with Crippen LogP contribution in [0.2, 0.25) is 0 Å². The number of carbonyl (C=O) groups excluding carboxylic acids is 1. The second kappa shape index (κ2) is 4.83. The van der Waals surface area contributed by atoms with Gasteiger partial charge in [0.05, 0.1) is 0 Å². The van der Waals surface area contributed by atoms with Gasteiger partial charge in [-0.3, -0.25) is 10.1 Å². The van der Waals surface area contributed by atoms with Crippen molar-refractivity contribution in [2.24, 2.45) is 0 Å². The molecule has 0 amide bonds. The van der Waals surface area contributed by atoms with E-state index in [1.54, 1.807) is 6.92 Å². The monoisotopic (exact) mass is 220 g/mol. The Labute approximate surface area is 97.0 Å². The number of likely N-dealkylation sites (N-methyl/N-ethyl adjacent to an activating group) is 1. The Morgan fingerprint density at radius 3 is 2.81 bits per heavy atom. The zero-order valence-electron chi connectivity index (χ0n) is 10.1. The van der Waals surface area contributed by atoms with Crippen molar-refractivity contribution in [3.05, 3.63) is 22.9 Å². The van der Waals surface area contributed by atoms with Crippen LogP contribution < -0.4 is 10.6 Å². The Balaban J connectivity index is 2.29. The average Bonchev–Trinajstić information content (AvgIpc) is 2.51. The normalized spacial score (nSPS) is 25.4. The SMILES string of the molecule is CNC1NC2=C(C=C1C(C)=O)CCCCC2. The molecule has 0 saturated heterocycles. The highest BCUT2D eigenvalue weighted by molar-refractivity contribution is 5.95. The summed E-state index contributed by atoms with van der Waals surface area (Å²) in [6.45, 7) is 1.64. The van der Waals surface area contributed by atoms with Gasteiger partial charge in [-0.2, -0.15) is 0 Å². The number of dihydropyridines is 1. The van der Waals surface area contributed by atoms with E-state index in [1.807, 2.05) is 7.05 Å². The zero-order chi connectivity index (χ0) is 11.5. The molecule has 2 aliphatic rings. The molecule has 88 valence electrons. The maximum Gasteiger partial charge on any atom is 0.159 e. The summed E-state index contributed by atoms with van der Waals surface area (Å²) in [5, 5.41) is 6.61. The number of Topliss-reactive ketones (excluding diaryl/α,β-unsaturated/α-hetero) is 1. The summed E-state index contributed by atoms with van der Waals surface area (Å²) >= 11 is 0. The highest BCUT2D eigenvalue weighted by Crippen LogP contribution is 2.28. The lowest BCUT2D eigenvalue weighted by molar-refractivity contribution is -0.114. The quantitative estimate of drug-likeness (QED) is 0.746. The van der Waals surface area contributed by atoms with E-state index in [0.717, 1.165) is 18.4 Å². The fourth-order valence-corrected chi connectivity index (χ4v) is 2.49. The van der Waals surface area contributed by atoms with Gasteiger partial charge in [0.25, 0.3) is 0 Å². The highest BCUT2D eigenvalue weighted by atomic mass is 16.1. The topological polar surface area (TPSA) is 41.1 Å². The number of hydrogen-bond donors (Lipinski definition) is 2. The van der Waals surface area contributed by atoms with Gasteiger partial charge in [-0.25, -0.2) is 0 Å². The van der Waals surface area contributed by atoms with Crippen LogP contribution in [0.4, 0.5) is 0 Å². The number of allylic oxidation sites excluding steroid dienone is 3. The molecule has 0 saturated carbocycles. The largest absolute Gasteiger partial charge is 0.369 e. The molecule has 1 aliphatic carbocycles. The molecule has 16 heavy (non-hydrogen) atoms. The van der Waals surface area contributed by atoms with Crippen LogP contribution >= 0.6 is 0 Å². The number of rotatable bonds is 2. The smallest absolute Gasteiger partial charge is 0.159 e. The zero-order valence-corrected chi connectivity index (χ0v) is 10.1. The summed E-state index contributed by atoms with van der Waals surface area (Å²) in [6, 6.07) is 0. The van der Waals surface area contributed by atoms with E-state index in [9.17, 15) is 4.79 Å². The second-order valence-corrected chi connectivity index (χ2v) is 4.59. The standard InChI is InChI=1S/C13H20N2O/c1-9(16)11-8-10-6-4-3-5-7-12(10)15-13(11)14-2/h8,13-15H,3-7H2,1-2H3. The van der Waals surface area contributed by atoms with Gasteiger partial charge in [0.2, 0.25) is 0 Å². The van der Waals surface area contributed by atoms with Crippen LogP contribution in [0.15, 0.2) is 22.9 Å². The third kappa shape index (κ3) is 2.19. The van der Waals surface area contributed by atoms with Crippen LogP contribution in [-0.2, 0) is 4.79 Å². The van der Waals surface area contributed by atoms with Gasteiger partial charge in [-0.05, 0) is 51.3 Å². The molecule has 0 aromatic rings. The molecule has 3 nitrogen and oxygen atoms in total. The predicted octanol–water partition coefficient (Wildman–Crippen LogP) is 1.87. The van der Waals surface area contributed by atoms with Gasteiger partial charge in [-0.15, -0.1) is 0 Å². The van der Waals surface area contributed by atoms with Crippen molar-refractivity contribution < 1.29 is 4.79 Å². The molecule has 0 spiro atoms. The molecular weight excluding hydrogens is 200 g/mol. The number of nitrogens with one attached hydrogen (secondary N) is 2. The van der Waals surface area contributed by atoms with Crippen LogP contribution in [0, 0.1) is 0 Å². The molecule has 1 heterocycles. The second-order valence-electron chi connectivity index (χ2n) is 4.59. The maximum absolute atomic E-state index is 11.6. The first-order chi connectivity index (χ1) is 7.72. The van der Waals surface area contributed by atoms with Crippen LogP contribution in [0.5, 0.6) is 0 Å². The van der Waals surface area contributed by atoms with Crippen molar-refractivity contribution in [3.63, 3.8) is 0 Å². The van der Waals surface area contributed by atoms with Crippen LogP contribution in [0.1, 0.15) is 39.0 Å². The third-order valence-electron chi connectivity index (χ3n) is 3.42. The maximum atomic E-state index is 11.6. The Bertz CT molecular complexity index is 355. The minimum absolute atomic E-state index is 0.00523. The Morgan fingerprint density at radius 2 is 2.12 bits per heavy atom. The van der Waals surface area contributed by atoms with E-state index >= 15 is 0 Å². The Morgan fingerprint density at radius 1 is 1.38 bits per heavy atom. The molecule has 0 radical (unpaired) electrons. The molecule has 0 bridgehead atoms. The van der Waals surface area contributed by atoms with Crippen molar-refractivity contribution in [1.29, 1.82) is 0 Å². The lowest BCUT2D eigenvalue weighted by atomic mass is 9.97. The average molecular weight is 220 g/mol. The van der Waals surface area contributed by atoms with E-state index in [1.165, 1.54) is 30.5 Å². The van der Waals surface area contributed by atoms with Crippen molar-refractivity contribution in [3.8, 4) is 0 Å². The van der Waals surface area contributed by atoms with Gasteiger partial charge >= 0.3 is 0 Å². The fourth-order valence-electron chi connectivity index (χ4n) is 2.49. The van der Waals surface area contributed by atoms with Crippen molar-refractivity contribution >= 4 is 5.78 Å². The Kier molecular flexibility index (Phi) is 3.44. The molecule has 1 aliphatic heterocycles. The van der Waals surface area contributed by atoms with Crippen molar-refractivity contribution in [2.75, 3.05) is 7.05 Å². The molecule has 0 aromatic carbocycles. The minimum Gasteiger partial charge on any atom is -0.369 e. The molecular formula is C13H20N2O. The van der Waals surface area contributed by atoms with Crippen molar-refractivity contribution in [2.45, 2.75) is 45.2 Å². The molecule has 2 rings (SSSR count). The number of ketones is 1. The summed E-state index contributed by atoms with van der Waals surface area (Å²) in [5.74, 6) is 0.155. The summed E-state index contributed by atoms with van der Waals surface area (Å²) in [4.78, 5) is 11.6. The first-order valence-electron chi connectivity index (χ1n) is 6.10. The van der Waals surface area contributed by atoms with Gasteiger partial charge < -0.3 is 5.32 Å². The van der Waals surface area contributed by atoms with Crippen LogP contribution in [-0.4, -0.2) is 19.0 Å². The molecule has 2 N–H and O–H groups in total. The first kappa shape index (κ1) is 11.4. The highest BCUT2D eigenvalue weighted by Gasteiger charge is 2.24. The van der Waals surface area contributed by atoms with Crippen molar-refractivity contribution in [1.82, 2.24) is 10.6 Å². The lowest BCUT2D eigenvalue weighted by Crippen LogP contribution is -2.45. The number of hydrogen-bond acceptors (Lipinski definition) is 3. The van der Waals surface area contributed by atoms with Gasteiger partial charge in [0.1, 0.15) is 6.17 Å². The summed E-state index contributed by atoms with van der Waals surface area (Å²) < 4.78 is 0. The van der Waals surface area contributed by atoms with Gasteiger partial charge in [-0.1, -0.05) is 6.42 Å². The Hall–Kier alpha value is -1.09. The van der Waals surface area contributed by atoms with Gasteiger partial charge in [0.15, 0.2) is 5.78 Å². The summed E-state index contributed by atoms with van der Waals surface area (Å²) in [6.07, 6.45) is 8.11. The first-order valence-corrected chi connectivity index (χ1v) is 6.10. The molecule has 0 fully saturated rings.